The Morgan fingerprint density at radius 2 is 1.88 bits per heavy atom. The molecule has 0 aliphatic heterocycles. The van der Waals surface area contributed by atoms with Crippen molar-refractivity contribution in [2.24, 2.45) is 0 Å². The highest BCUT2D eigenvalue weighted by atomic mass is 32.1. The summed E-state index contributed by atoms with van der Waals surface area (Å²) in [5, 5.41) is 12.9. The van der Waals surface area contributed by atoms with Crippen LogP contribution in [0.25, 0.3) is 6.08 Å². The first kappa shape index (κ1) is 18.7. The van der Waals surface area contributed by atoms with Crippen molar-refractivity contribution in [2.45, 2.75) is 0 Å². The summed E-state index contributed by atoms with van der Waals surface area (Å²) in [5.41, 5.74) is 5.49. The second-order valence-corrected chi connectivity index (χ2v) is 5.23. The Bertz CT molecular complexity index is 870. The SMILES string of the molecule is O=C(/C=C/c1cccc([N+](=O)[O-])c1)NC(=S)NNC(=O)c1ccncc1. The lowest BCUT2D eigenvalue weighted by Gasteiger charge is -2.09. The van der Waals surface area contributed by atoms with Crippen molar-refractivity contribution in [3.8, 4) is 0 Å². The van der Waals surface area contributed by atoms with Crippen molar-refractivity contribution in [2.75, 3.05) is 0 Å². The van der Waals surface area contributed by atoms with Crippen LogP contribution in [-0.2, 0) is 4.79 Å². The lowest BCUT2D eigenvalue weighted by atomic mass is 10.2. The standard InChI is InChI=1S/C16H13N5O4S/c22-14(5-4-11-2-1-3-13(10-11)21(24)25)18-16(26)20-19-15(23)12-6-8-17-9-7-12/h1-10H,(H,19,23)(H2,18,20,22,26)/b5-4+. The van der Waals surface area contributed by atoms with E-state index in [9.17, 15) is 19.7 Å². The summed E-state index contributed by atoms with van der Waals surface area (Å²) in [5.74, 6) is -1.01. The predicted molar refractivity (Wildman–Crippen MR) is 97.7 cm³/mol. The molecule has 0 unspecified atom stereocenters. The summed E-state index contributed by atoms with van der Waals surface area (Å²) in [6.07, 6.45) is 5.50. The van der Waals surface area contributed by atoms with Gasteiger partial charge >= 0.3 is 0 Å². The fourth-order valence-electron chi connectivity index (χ4n) is 1.79. The molecular formula is C16H13N5O4S. The van der Waals surface area contributed by atoms with Crippen molar-refractivity contribution >= 4 is 40.9 Å². The third-order valence-electron chi connectivity index (χ3n) is 2.98. The molecule has 3 N–H and O–H groups in total. The minimum absolute atomic E-state index is 0.0800. The fourth-order valence-corrected chi connectivity index (χ4v) is 1.94. The summed E-state index contributed by atoms with van der Waals surface area (Å²) < 4.78 is 0. The maximum Gasteiger partial charge on any atom is 0.270 e. The first-order chi connectivity index (χ1) is 12.5. The largest absolute Gasteiger partial charge is 0.298 e. The van der Waals surface area contributed by atoms with Gasteiger partial charge in [-0.1, -0.05) is 12.1 Å². The molecule has 9 nitrogen and oxygen atoms in total. The maximum atomic E-state index is 11.8. The topological polar surface area (TPSA) is 126 Å². The Kier molecular flexibility index (Phi) is 6.46. The number of hydrogen-bond donors (Lipinski definition) is 3. The van der Waals surface area contributed by atoms with Crippen LogP contribution in [0.15, 0.2) is 54.9 Å². The molecule has 1 heterocycles. The molecule has 0 aliphatic carbocycles. The molecule has 0 atom stereocenters. The zero-order chi connectivity index (χ0) is 18.9. The molecule has 132 valence electrons. The molecule has 0 fully saturated rings. The average Bonchev–Trinajstić information content (AvgIpc) is 2.65. The van der Waals surface area contributed by atoms with Gasteiger partial charge in [0.15, 0.2) is 5.11 Å². The van der Waals surface area contributed by atoms with Crippen LogP contribution in [0, 0.1) is 10.1 Å². The van der Waals surface area contributed by atoms with E-state index in [0.717, 1.165) is 6.08 Å². The number of hydrazine groups is 1. The van der Waals surface area contributed by atoms with Gasteiger partial charge in [0.25, 0.3) is 11.6 Å². The van der Waals surface area contributed by atoms with Crippen LogP contribution >= 0.6 is 12.2 Å². The van der Waals surface area contributed by atoms with Gasteiger partial charge < -0.3 is 0 Å². The molecular weight excluding hydrogens is 358 g/mol. The number of rotatable bonds is 4. The lowest BCUT2D eigenvalue weighted by molar-refractivity contribution is -0.384. The van der Waals surface area contributed by atoms with Crippen LogP contribution in [0.5, 0.6) is 0 Å². The third-order valence-corrected chi connectivity index (χ3v) is 3.18. The van der Waals surface area contributed by atoms with Crippen molar-refractivity contribution in [1.29, 1.82) is 0 Å². The summed E-state index contributed by atoms with van der Waals surface area (Å²) in [6, 6.07) is 8.83. The Balaban J connectivity index is 1.83. The summed E-state index contributed by atoms with van der Waals surface area (Å²) in [4.78, 5) is 37.5. The number of nitrogens with zero attached hydrogens (tertiary/aromatic N) is 2. The molecule has 10 heteroatoms. The molecule has 2 amide bonds. The second kappa shape index (κ2) is 8.99. The van der Waals surface area contributed by atoms with Gasteiger partial charge in [-0.2, -0.15) is 0 Å². The smallest absolute Gasteiger partial charge is 0.270 e. The fraction of sp³-hybridized carbons (Fsp3) is 0. The van der Waals surface area contributed by atoms with Gasteiger partial charge in [0, 0.05) is 36.2 Å². The van der Waals surface area contributed by atoms with Gasteiger partial charge in [0.05, 0.1) is 4.92 Å². The summed E-state index contributed by atoms with van der Waals surface area (Å²) in [7, 11) is 0. The average molecular weight is 371 g/mol. The van der Waals surface area contributed by atoms with Crippen LogP contribution in [0.1, 0.15) is 15.9 Å². The summed E-state index contributed by atoms with van der Waals surface area (Å²) in [6.45, 7) is 0. The van der Waals surface area contributed by atoms with Gasteiger partial charge in [-0.05, 0) is 36.0 Å². The first-order valence-corrected chi connectivity index (χ1v) is 7.60. The number of nitrogens with one attached hydrogen (secondary N) is 3. The molecule has 0 bridgehead atoms. The van der Waals surface area contributed by atoms with E-state index in [1.165, 1.54) is 48.8 Å². The second-order valence-electron chi connectivity index (χ2n) is 4.82. The Labute approximate surface area is 153 Å². The van der Waals surface area contributed by atoms with Gasteiger partial charge in [-0.15, -0.1) is 0 Å². The number of thiocarbonyl (C=S) groups is 1. The Morgan fingerprint density at radius 3 is 2.58 bits per heavy atom. The van der Waals surface area contributed by atoms with E-state index in [-0.39, 0.29) is 10.8 Å². The third kappa shape index (κ3) is 5.76. The quantitative estimate of drug-likeness (QED) is 0.320. The van der Waals surface area contributed by atoms with Crippen molar-refractivity contribution in [3.05, 3.63) is 76.1 Å². The highest BCUT2D eigenvalue weighted by molar-refractivity contribution is 7.80. The number of benzene rings is 1. The lowest BCUT2D eigenvalue weighted by Crippen LogP contribution is -2.48. The number of non-ortho nitro benzene ring substituents is 1. The number of pyridine rings is 1. The normalized spacial score (nSPS) is 10.2. The number of nitro benzene ring substituents is 1. The van der Waals surface area contributed by atoms with Crippen LogP contribution < -0.4 is 16.2 Å². The number of carbonyl (C=O) groups is 2. The highest BCUT2D eigenvalue weighted by Crippen LogP contribution is 2.13. The number of aromatic nitrogens is 1. The van der Waals surface area contributed by atoms with E-state index in [2.05, 4.69) is 21.2 Å². The molecule has 2 rings (SSSR count). The monoisotopic (exact) mass is 371 g/mol. The number of carbonyl (C=O) groups excluding carboxylic acids is 2. The number of hydrogen-bond acceptors (Lipinski definition) is 6. The molecule has 0 aliphatic rings. The number of nitro groups is 1. The van der Waals surface area contributed by atoms with Gasteiger partial charge in [-0.3, -0.25) is 40.9 Å². The van der Waals surface area contributed by atoms with E-state index < -0.39 is 16.7 Å². The molecule has 1 aromatic heterocycles. The van der Waals surface area contributed by atoms with Crippen LogP contribution in [0.2, 0.25) is 0 Å². The molecule has 0 saturated carbocycles. The summed E-state index contributed by atoms with van der Waals surface area (Å²) >= 11 is 4.89. The van der Waals surface area contributed by atoms with Gasteiger partial charge in [0.2, 0.25) is 5.91 Å². The molecule has 0 spiro atoms. The van der Waals surface area contributed by atoms with Crippen LogP contribution in [-0.4, -0.2) is 26.8 Å². The highest BCUT2D eigenvalue weighted by Gasteiger charge is 2.07. The van der Waals surface area contributed by atoms with E-state index in [4.69, 9.17) is 12.2 Å². The van der Waals surface area contributed by atoms with Gasteiger partial charge in [0.1, 0.15) is 0 Å². The maximum absolute atomic E-state index is 11.8. The molecule has 2 aromatic rings. The van der Waals surface area contributed by atoms with Crippen molar-refractivity contribution < 1.29 is 14.5 Å². The van der Waals surface area contributed by atoms with Crippen molar-refractivity contribution in [3.63, 3.8) is 0 Å². The predicted octanol–water partition coefficient (Wildman–Crippen LogP) is 1.34. The molecule has 1 aromatic carbocycles. The van der Waals surface area contributed by atoms with E-state index in [0.29, 0.717) is 11.1 Å². The van der Waals surface area contributed by atoms with Crippen LogP contribution in [0.4, 0.5) is 5.69 Å². The Hall–Kier alpha value is -3.66. The molecule has 0 saturated heterocycles. The first-order valence-electron chi connectivity index (χ1n) is 7.19. The number of amides is 2. The molecule has 26 heavy (non-hydrogen) atoms. The zero-order valence-corrected chi connectivity index (χ0v) is 14.0. The van der Waals surface area contributed by atoms with E-state index in [1.54, 1.807) is 6.07 Å². The zero-order valence-electron chi connectivity index (χ0n) is 13.2. The minimum atomic E-state index is -0.563. The van der Waals surface area contributed by atoms with E-state index >= 15 is 0 Å². The molecule has 0 radical (unpaired) electrons. The Morgan fingerprint density at radius 1 is 1.15 bits per heavy atom. The minimum Gasteiger partial charge on any atom is -0.298 e. The van der Waals surface area contributed by atoms with Gasteiger partial charge in [-0.25, -0.2) is 0 Å². The van der Waals surface area contributed by atoms with Crippen molar-refractivity contribution in [1.82, 2.24) is 21.2 Å². The van der Waals surface area contributed by atoms with Crippen LogP contribution in [0.3, 0.4) is 0 Å². The van der Waals surface area contributed by atoms with E-state index in [1.807, 2.05) is 0 Å².